The maximum Gasteiger partial charge on any atom is 0.230 e. The summed E-state index contributed by atoms with van der Waals surface area (Å²) in [7, 11) is -3.06. The van der Waals surface area contributed by atoms with Crippen LogP contribution in [0.25, 0.3) is 5.69 Å². The first-order valence-electron chi connectivity index (χ1n) is 8.31. The Hall–Kier alpha value is -1.87. The third-order valence-corrected chi connectivity index (χ3v) is 7.16. The molecule has 1 aliphatic heterocycles. The maximum absolute atomic E-state index is 12.3. The highest BCUT2D eigenvalue weighted by molar-refractivity contribution is 7.99. The molecule has 0 radical (unpaired) electrons. The van der Waals surface area contributed by atoms with Crippen LogP contribution < -0.4 is 5.32 Å². The molecular weight excluding hydrogens is 372 g/mol. The van der Waals surface area contributed by atoms with Crippen molar-refractivity contribution in [2.24, 2.45) is 0 Å². The van der Waals surface area contributed by atoms with Gasteiger partial charge in [0, 0.05) is 5.69 Å². The Balaban J connectivity index is 1.68. The number of thioether (sulfide) groups is 1. The van der Waals surface area contributed by atoms with Crippen molar-refractivity contribution in [3.63, 3.8) is 0 Å². The number of hydrogen-bond acceptors (Lipinski definition) is 6. The van der Waals surface area contributed by atoms with Gasteiger partial charge in [0.2, 0.25) is 5.91 Å². The van der Waals surface area contributed by atoms with Gasteiger partial charge in [-0.1, -0.05) is 23.9 Å². The molecule has 26 heavy (non-hydrogen) atoms. The summed E-state index contributed by atoms with van der Waals surface area (Å²) in [6, 6.07) is 7.98. The third-order valence-electron chi connectivity index (χ3n) is 4.33. The van der Waals surface area contributed by atoms with Gasteiger partial charge >= 0.3 is 0 Å². The normalized spacial score (nSPS) is 21.7. The van der Waals surface area contributed by atoms with Crippen molar-refractivity contribution in [2.45, 2.75) is 37.9 Å². The lowest BCUT2D eigenvalue weighted by molar-refractivity contribution is -0.120. The molecule has 1 aromatic heterocycles. The van der Waals surface area contributed by atoms with E-state index in [1.807, 2.05) is 42.7 Å². The minimum absolute atomic E-state index is 0.00497. The predicted molar refractivity (Wildman–Crippen MR) is 101 cm³/mol. The molecule has 3 rings (SSSR count). The van der Waals surface area contributed by atoms with E-state index in [0.717, 1.165) is 17.1 Å². The molecule has 2 aromatic rings. The van der Waals surface area contributed by atoms with Gasteiger partial charge < -0.3 is 5.32 Å². The largest absolute Gasteiger partial charge is 0.349 e. The summed E-state index contributed by atoms with van der Waals surface area (Å²) in [6.45, 7) is 5.66. The standard InChI is InChI=1S/C17H22N4O3S2/c1-12-5-4-6-14(9-12)21-13(2)19-20-16(21)25-10-15(22)18-17(3)7-8-26(23,24)11-17/h4-6,9H,7-8,10-11H2,1-3H3,(H,18,22). The highest BCUT2D eigenvalue weighted by Gasteiger charge is 2.39. The Labute approximate surface area is 157 Å². The highest BCUT2D eigenvalue weighted by Crippen LogP contribution is 2.25. The zero-order chi connectivity index (χ0) is 18.9. The topological polar surface area (TPSA) is 93.9 Å². The summed E-state index contributed by atoms with van der Waals surface area (Å²) in [4.78, 5) is 12.3. The van der Waals surface area contributed by atoms with Gasteiger partial charge in [0.15, 0.2) is 15.0 Å². The maximum atomic E-state index is 12.3. The van der Waals surface area contributed by atoms with Crippen LogP contribution in [-0.4, -0.2) is 51.9 Å². The first-order valence-corrected chi connectivity index (χ1v) is 11.1. The van der Waals surface area contributed by atoms with Gasteiger partial charge in [-0.25, -0.2) is 8.42 Å². The summed E-state index contributed by atoms with van der Waals surface area (Å²) in [5, 5.41) is 11.8. The number of aryl methyl sites for hydroxylation is 2. The minimum atomic E-state index is -3.06. The molecule has 140 valence electrons. The Morgan fingerprint density at radius 1 is 1.35 bits per heavy atom. The SMILES string of the molecule is Cc1cccc(-n2c(C)nnc2SCC(=O)NC2(C)CCS(=O)(=O)C2)c1. The molecule has 0 spiro atoms. The molecule has 2 heterocycles. The van der Waals surface area contributed by atoms with Crippen LogP contribution in [0.1, 0.15) is 24.7 Å². The molecule has 0 aliphatic carbocycles. The van der Waals surface area contributed by atoms with Gasteiger partial charge in [-0.15, -0.1) is 10.2 Å². The number of benzene rings is 1. The Morgan fingerprint density at radius 3 is 2.77 bits per heavy atom. The molecule has 9 heteroatoms. The van der Waals surface area contributed by atoms with E-state index in [1.54, 1.807) is 6.92 Å². The lowest BCUT2D eigenvalue weighted by atomic mass is 10.0. The first-order chi connectivity index (χ1) is 12.2. The molecule has 1 N–H and O–H groups in total. The number of hydrogen-bond donors (Lipinski definition) is 1. The average molecular weight is 395 g/mol. The second kappa shape index (κ2) is 7.03. The van der Waals surface area contributed by atoms with E-state index in [2.05, 4.69) is 15.5 Å². The number of carbonyl (C=O) groups is 1. The molecule has 0 saturated carbocycles. The number of sulfone groups is 1. The fourth-order valence-electron chi connectivity index (χ4n) is 3.11. The third kappa shape index (κ3) is 4.27. The molecule has 1 fully saturated rings. The number of amides is 1. The van der Waals surface area contributed by atoms with Crippen molar-refractivity contribution in [3.05, 3.63) is 35.7 Å². The van der Waals surface area contributed by atoms with Crippen molar-refractivity contribution in [1.29, 1.82) is 0 Å². The second-order valence-electron chi connectivity index (χ2n) is 6.94. The Kier molecular flexibility index (Phi) is 5.12. The fraction of sp³-hybridized carbons (Fsp3) is 0.471. The van der Waals surface area contributed by atoms with Crippen LogP contribution >= 0.6 is 11.8 Å². The molecule has 1 aliphatic rings. The minimum Gasteiger partial charge on any atom is -0.349 e. The van der Waals surface area contributed by atoms with E-state index in [4.69, 9.17) is 0 Å². The molecular formula is C17H22N4O3S2. The summed E-state index contributed by atoms with van der Waals surface area (Å²) in [6.07, 6.45) is 0.449. The Morgan fingerprint density at radius 2 is 2.12 bits per heavy atom. The molecule has 1 unspecified atom stereocenters. The number of rotatable bonds is 5. The van der Waals surface area contributed by atoms with E-state index < -0.39 is 15.4 Å². The molecule has 1 atom stereocenters. The van der Waals surface area contributed by atoms with Crippen LogP contribution in [-0.2, 0) is 14.6 Å². The smallest absolute Gasteiger partial charge is 0.230 e. The van der Waals surface area contributed by atoms with Gasteiger partial charge in [0.25, 0.3) is 0 Å². The molecule has 1 amide bonds. The molecule has 0 bridgehead atoms. The van der Waals surface area contributed by atoms with Gasteiger partial charge in [0.1, 0.15) is 5.82 Å². The van der Waals surface area contributed by atoms with Gasteiger partial charge in [0.05, 0.1) is 22.8 Å². The van der Waals surface area contributed by atoms with E-state index in [9.17, 15) is 13.2 Å². The van der Waals surface area contributed by atoms with Crippen LogP contribution in [0.15, 0.2) is 29.4 Å². The van der Waals surface area contributed by atoms with Crippen molar-refractivity contribution >= 4 is 27.5 Å². The van der Waals surface area contributed by atoms with Gasteiger partial charge in [-0.2, -0.15) is 0 Å². The van der Waals surface area contributed by atoms with Crippen LogP contribution in [0.4, 0.5) is 0 Å². The summed E-state index contributed by atoms with van der Waals surface area (Å²) < 4.78 is 25.2. The zero-order valence-corrected chi connectivity index (χ0v) is 16.7. The first kappa shape index (κ1) is 18.9. The monoisotopic (exact) mass is 394 g/mol. The lowest BCUT2D eigenvalue weighted by Crippen LogP contribution is -2.47. The van der Waals surface area contributed by atoms with Crippen molar-refractivity contribution in [1.82, 2.24) is 20.1 Å². The number of carbonyl (C=O) groups excluding carboxylic acids is 1. The molecule has 1 saturated heterocycles. The second-order valence-corrected chi connectivity index (χ2v) is 10.1. The summed E-state index contributed by atoms with van der Waals surface area (Å²) in [5.41, 5.74) is 1.39. The van der Waals surface area contributed by atoms with E-state index >= 15 is 0 Å². The van der Waals surface area contributed by atoms with Gasteiger partial charge in [-0.05, 0) is 44.9 Å². The Bertz CT molecular complexity index is 939. The molecule has 1 aromatic carbocycles. The number of nitrogens with zero attached hydrogens (tertiary/aromatic N) is 3. The number of nitrogens with one attached hydrogen (secondary N) is 1. The van der Waals surface area contributed by atoms with Crippen molar-refractivity contribution < 1.29 is 13.2 Å². The highest BCUT2D eigenvalue weighted by atomic mass is 32.2. The summed E-state index contributed by atoms with van der Waals surface area (Å²) in [5.74, 6) is 0.810. The zero-order valence-electron chi connectivity index (χ0n) is 15.0. The van der Waals surface area contributed by atoms with Crippen molar-refractivity contribution in [3.8, 4) is 5.69 Å². The van der Waals surface area contributed by atoms with Crippen LogP contribution in [0.5, 0.6) is 0 Å². The summed E-state index contributed by atoms with van der Waals surface area (Å²) >= 11 is 1.29. The number of aromatic nitrogens is 3. The van der Waals surface area contributed by atoms with Crippen molar-refractivity contribution in [2.75, 3.05) is 17.3 Å². The quantitative estimate of drug-likeness (QED) is 0.776. The average Bonchev–Trinajstić information content (AvgIpc) is 3.04. The lowest BCUT2D eigenvalue weighted by Gasteiger charge is -2.23. The van der Waals surface area contributed by atoms with E-state index in [1.165, 1.54) is 11.8 Å². The molecule has 7 nitrogen and oxygen atoms in total. The van der Waals surface area contributed by atoms with Crippen LogP contribution in [0.3, 0.4) is 0 Å². The predicted octanol–water partition coefficient (Wildman–Crippen LogP) is 1.67. The van der Waals surface area contributed by atoms with Crippen LogP contribution in [0, 0.1) is 13.8 Å². The fourth-order valence-corrected chi connectivity index (χ4v) is 6.00. The van der Waals surface area contributed by atoms with E-state index in [-0.39, 0.29) is 23.2 Å². The van der Waals surface area contributed by atoms with E-state index in [0.29, 0.717) is 11.6 Å². The van der Waals surface area contributed by atoms with Gasteiger partial charge in [-0.3, -0.25) is 9.36 Å². The van der Waals surface area contributed by atoms with Crippen LogP contribution in [0.2, 0.25) is 0 Å².